The Morgan fingerprint density at radius 3 is 1.87 bits per heavy atom. The third kappa shape index (κ3) is 5.55. The van der Waals surface area contributed by atoms with E-state index in [1.807, 2.05) is 0 Å². The van der Waals surface area contributed by atoms with Crippen molar-refractivity contribution in [3.05, 3.63) is 0 Å². The van der Waals surface area contributed by atoms with E-state index in [1.165, 1.54) is 19.4 Å². The summed E-state index contributed by atoms with van der Waals surface area (Å²) in [6.45, 7) is 15.4. The Labute approximate surface area is 97.5 Å². The van der Waals surface area contributed by atoms with Gasteiger partial charge in [-0.1, -0.05) is 34.1 Å². The van der Waals surface area contributed by atoms with Crippen LogP contribution >= 0.6 is 0 Å². The van der Waals surface area contributed by atoms with E-state index < -0.39 is 0 Å². The number of hydrogen-bond donors (Lipinski definition) is 0. The molecule has 0 aromatic rings. The van der Waals surface area contributed by atoms with Gasteiger partial charge in [0, 0.05) is 5.92 Å². The second-order valence-corrected chi connectivity index (χ2v) is 6.88. The first-order chi connectivity index (χ1) is 6.60. The average Bonchev–Trinajstić information content (AvgIpc) is 2.01. The first-order valence-corrected chi connectivity index (χ1v) is 6.43. The van der Waals surface area contributed by atoms with Crippen LogP contribution in [0.3, 0.4) is 0 Å². The zero-order valence-corrected chi connectivity index (χ0v) is 12.2. The topological polar surface area (TPSA) is 0 Å². The molecule has 92 valence electrons. The predicted molar refractivity (Wildman–Crippen MR) is 70.0 cm³/mol. The fourth-order valence-corrected chi connectivity index (χ4v) is 2.17. The Hall–Kier alpha value is -0.0400. The highest BCUT2D eigenvalue weighted by Gasteiger charge is 2.26. The number of rotatable bonds is 6. The molecule has 0 aliphatic carbocycles. The molecule has 15 heavy (non-hydrogen) atoms. The average molecular weight is 214 g/mol. The van der Waals surface area contributed by atoms with Crippen LogP contribution in [0.5, 0.6) is 0 Å². The molecule has 0 fully saturated rings. The lowest BCUT2D eigenvalue weighted by Crippen LogP contribution is -2.48. The van der Waals surface area contributed by atoms with Gasteiger partial charge in [-0.2, -0.15) is 0 Å². The second-order valence-electron chi connectivity index (χ2n) is 6.88. The Morgan fingerprint density at radius 1 is 1.07 bits per heavy atom. The molecule has 1 atom stereocenters. The van der Waals surface area contributed by atoms with Gasteiger partial charge in [0.15, 0.2) is 0 Å². The van der Waals surface area contributed by atoms with Crippen molar-refractivity contribution in [3.8, 4) is 0 Å². The van der Waals surface area contributed by atoms with Gasteiger partial charge < -0.3 is 4.48 Å². The molecule has 0 saturated heterocycles. The first-order valence-electron chi connectivity index (χ1n) is 6.43. The SMILES string of the molecule is CCC(C)(C)CC(C)C[N+](C)(C)C(C)C. The van der Waals surface area contributed by atoms with Gasteiger partial charge in [0.1, 0.15) is 0 Å². The van der Waals surface area contributed by atoms with Crippen LogP contribution in [0.2, 0.25) is 0 Å². The summed E-state index contributed by atoms with van der Waals surface area (Å²) >= 11 is 0. The van der Waals surface area contributed by atoms with Crippen molar-refractivity contribution in [1.82, 2.24) is 0 Å². The monoisotopic (exact) mass is 214 g/mol. The molecular formula is C14H32N+. The Morgan fingerprint density at radius 2 is 1.53 bits per heavy atom. The predicted octanol–water partition coefficient (Wildman–Crippen LogP) is 3.93. The van der Waals surface area contributed by atoms with Gasteiger partial charge in [-0.05, 0) is 25.7 Å². The van der Waals surface area contributed by atoms with Crippen molar-refractivity contribution in [2.75, 3.05) is 20.6 Å². The molecular weight excluding hydrogens is 182 g/mol. The highest BCUT2D eigenvalue weighted by atomic mass is 15.3. The van der Waals surface area contributed by atoms with E-state index in [9.17, 15) is 0 Å². The summed E-state index contributed by atoms with van der Waals surface area (Å²) in [5.41, 5.74) is 0.510. The highest BCUT2D eigenvalue weighted by molar-refractivity contribution is 4.70. The Kier molecular flexibility index (Phi) is 5.32. The highest BCUT2D eigenvalue weighted by Crippen LogP contribution is 2.29. The van der Waals surface area contributed by atoms with Gasteiger partial charge in [-0.3, -0.25) is 0 Å². The standard InChI is InChI=1S/C14H32N/c1-9-14(5,6)10-13(4)11-15(7,8)12(2)3/h12-13H,9-11H2,1-8H3/q+1. The molecule has 0 aromatic heterocycles. The fourth-order valence-electron chi connectivity index (χ4n) is 2.17. The van der Waals surface area contributed by atoms with Crippen molar-refractivity contribution in [2.45, 2.75) is 60.4 Å². The Balaban J connectivity index is 4.20. The van der Waals surface area contributed by atoms with E-state index in [0.717, 1.165) is 16.4 Å². The van der Waals surface area contributed by atoms with Crippen LogP contribution in [-0.2, 0) is 0 Å². The van der Waals surface area contributed by atoms with Gasteiger partial charge in [-0.25, -0.2) is 0 Å². The largest absolute Gasteiger partial charge is 0.326 e. The summed E-state index contributed by atoms with van der Waals surface area (Å²) in [6.07, 6.45) is 2.63. The van der Waals surface area contributed by atoms with E-state index >= 15 is 0 Å². The summed E-state index contributed by atoms with van der Waals surface area (Å²) in [5, 5.41) is 0. The molecule has 1 heteroatoms. The second kappa shape index (κ2) is 5.34. The summed E-state index contributed by atoms with van der Waals surface area (Å²) in [6, 6.07) is 0.720. The van der Waals surface area contributed by atoms with Gasteiger partial charge in [-0.15, -0.1) is 0 Å². The van der Waals surface area contributed by atoms with Gasteiger partial charge in [0.25, 0.3) is 0 Å². The Bertz CT molecular complexity index is 180. The number of nitrogens with zero attached hydrogens (tertiary/aromatic N) is 1. The van der Waals surface area contributed by atoms with E-state index in [0.29, 0.717) is 5.41 Å². The van der Waals surface area contributed by atoms with Crippen LogP contribution < -0.4 is 0 Å². The molecule has 0 saturated carbocycles. The lowest BCUT2D eigenvalue weighted by Gasteiger charge is -2.38. The molecule has 0 aliphatic rings. The van der Waals surface area contributed by atoms with Crippen molar-refractivity contribution in [1.29, 1.82) is 0 Å². The molecule has 0 amide bonds. The van der Waals surface area contributed by atoms with Gasteiger partial charge in [0.2, 0.25) is 0 Å². The molecule has 0 radical (unpaired) electrons. The van der Waals surface area contributed by atoms with E-state index in [-0.39, 0.29) is 0 Å². The van der Waals surface area contributed by atoms with Crippen LogP contribution in [0.15, 0.2) is 0 Å². The molecule has 0 N–H and O–H groups in total. The van der Waals surface area contributed by atoms with Crippen molar-refractivity contribution in [2.24, 2.45) is 11.3 Å². The maximum absolute atomic E-state index is 2.40. The molecule has 0 heterocycles. The van der Waals surface area contributed by atoms with Gasteiger partial charge >= 0.3 is 0 Å². The van der Waals surface area contributed by atoms with Crippen LogP contribution in [0.1, 0.15) is 54.4 Å². The maximum Gasteiger partial charge on any atom is 0.0829 e. The minimum absolute atomic E-state index is 0.510. The number of quaternary nitrogens is 1. The molecule has 0 spiro atoms. The zero-order valence-electron chi connectivity index (χ0n) is 12.2. The summed E-state index contributed by atoms with van der Waals surface area (Å²) in [4.78, 5) is 0. The third-order valence-electron chi connectivity index (χ3n) is 4.04. The quantitative estimate of drug-likeness (QED) is 0.588. The minimum Gasteiger partial charge on any atom is -0.326 e. The zero-order chi connectivity index (χ0) is 12.3. The van der Waals surface area contributed by atoms with E-state index in [4.69, 9.17) is 0 Å². The minimum atomic E-state index is 0.510. The molecule has 0 aromatic carbocycles. The van der Waals surface area contributed by atoms with E-state index in [2.05, 4.69) is 55.6 Å². The normalized spacial score (nSPS) is 15.8. The molecule has 1 nitrogen and oxygen atoms in total. The molecule has 0 bridgehead atoms. The van der Waals surface area contributed by atoms with Gasteiger partial charge in [0.05, 0.1) is 26.7 Å². The van der Waals surface area contributed by atoms with Crippen LogP contribution in [0.25, 0.3) is 0 Å². The van der Waals surface area contributed by atoms with Crippen LogP contribution in [0, 0.1) is 11.3 Å². The summed E-state index contributed by atoms with van der Waals surface area (Å²) in [5.74, 6) is 0.817. The van der Waals surface area contributed by atoms with Crippen LogP contribution in [0.4, 0.5) is 0 Å². The summed E-state index contributed by atoms with van der Waals surface area (Å²) < 4.78 is 1.14. The smallest absolute Gasteiger partial charge is 0.0829 e. The molecule has 0 aliphatic heterocycles. The molecule has 1 unspecified atom stereocenters. The first kappa shape index (κ1) is 15.0. The third-order valence-corrected chi connectivity index (χ3v) is 4.04. The maximum atomic E-state index is 2.40. The van der Waals surface area contributed by atoms with Crippen molar-refractivity contribution in [3.63, 3.8) is 0 Å². The lowest BCUT2D eigenvalue weighted by atomic mass is 9.81. The number of hydrogen-bond acceptors (Lipinski definition) is 0. The summed E-state index contributed by atoms with van der Waals surface area (Å²) in [7, 11) is 4.69. The molecule has 0 rings (SSSR count). The van der Waals surface area contributed by atoms with E-state index in [1.54, 1.807) is 0 Å². The van der Waals surface area contributed by atoms with Crippen molar-refractivity contribution < 1.29 is 4.48 Å². The lowest BCUT2D eigenvalue weighted by molar-refractivity contribution is -0.914. The van der Waals surface area contributed by atoms with Crippen LogP contribution in [-0.4, -0.2) is 31.2 Å². The fraction of sp³-hybridized carbons (Fsp3) is 1.00. The van der Waals surface area contributed by atoms with Crippen molar-refractivity contribution >= 4 is 0 Å².